The lowest BCUT2D eigenvalue weighted by atomic mass is 10.1. The van der Waals surface area contributed by atoms with E-state index in [0.717, 1.165) is 31.5 Å². The molecule has 0 aliphatic carbocycles. The first-order valence-electron chi connectivity index (χ1n) is 7.03. The predicted molar refractivity (Wildman–Crippen MR) is 80.8 cm³/mol. The number of nitrogens with two attached hydrogens (primary N) is 1. The molecule has 116 valence electrons. The summed E-state index contributed by atoms with van der Waals surface area (Å²) in [4.78, 5) is 13.5. The zero-order valence-corrected chi connectivity index (χ0v) is 12.7. The minimum absolute atomic E-state index is 0.134. The first-order valence-corrected chi connectivity index (χ1v) is 8.68. The SMILES string of the molecule is NCc1ccc(CS(=O)(=O)NCC(=O)N2CCCC2)cc1. The largest absolute Gasteiger partial charge is 0.342 e. The number of carbonyl (C=O) groups is 1. The standard InChI is InChI=1S/C14H21N3O3S/c15-9-12-3-5-13(6-4-12)11-21(19,20)16-10-14(18)17-7-1-2-8-17/h3-6,16H,1-2,7-11,15H2. The fourth-order valence-electron chi connectivity index (χ4n) is 2.29. The van der Waals surface area contributed by atoms with Crippen LogP contribution >= 0.6 is 0 Å². The van der Waals surface area contributed by atoms with Crippen LogP contribution in [-0.2, 0) is 27.1 Å². The molecule has 0 unspecified atom stereocenters. The second kappa shape index (κ2) is 7.02. The summed E-state index contributed by atoms with van der Waals surface area (Å²) in [5.74, 6) is -0.292. The third kappa shape index (κ3) is 4.80. The fourth-order valence-corrected chi connectivity index (χ4v) is 3.37. The molecule has 1 aliphatic heterocycles. The Hall–Kier alpha value is -1.44. The summed E-state index contributed by atoms with van der Waals surface area (Å²) in [6.07, 6.45) is 1.98. The van der Waals surface area contributed by atoms with Gasteiger partial charge in [-0.15, -0.1) is 0 Å². The molecule has 1 aromatic rings. The summed E-state index contributed by atoms with van der Waals surface area (Å²) in [6, 6.07) is 7.09. The Morgan fingerprint density at radius 3 is 2.29 bits per heavy atom. The van der Waals surface area contributed by atoms with Crippen LogP contribution in [0.25, 0.3) is 0 Å². The minimum atomic E-state index is -3.51. The molecule has 0 spiro atoms. The van der Waals surface area contributed by atoms with Crippen LogP contribution in [0.15, 0.2) is 24.3 Å². The molecule has 6 nitrogen and oxygen atoms in total. The van der Waals surface area contributed by atoms with Crippen molar-refractivity contribution in [1.29, 1.82) is 0 Å². The summed E-state index contributed by atoms with van der Waals surface area (Å²) in [7, 11) is -3.51. The lowest BCUT2D eigenvalue weighted by molar-refractivity contribution is -0.128. The van der Waals surface area contributed by atoms with Gasteiger partial charge in [0.25, 0.3) is 0 Å². The molecular formula is C14H21N3O3S. The molecule has 1 aromatic carbocycles. The van der Waals surface area contributed by atoms with Crippen molar-refractivity contribution in [1.82, 2.24) is 9.62 Å². The minimum Gasteiger partial charge on any atom is -0.342 e. The van der Waals surface area contributed by atoms with Crippen LogP contribution in [0.2, 0.25) is 0 Å². The molecule has 1 fully saturated rings. The van der Waals surface area contributed by atoms with E-state index in [0.29, 0.717) is 12.1 Å². The second-order valence-electron chi connectivity index (χ2n) is 5.19. The van der Waals surface area contributed by atoms with E-state index in [4.69, 9.17) is 5.73 Å². The Labute approximate surface area is 125 Å². The highest BCUT2D eigenvalue weighted by molar-refractivity contribution is 7.88. The fraction of sp³-hybridized carbons (Fsp3) is 0.500. The third-order valence-corrected chi connectivity index (χ3v) is 4.81. The molecular weight excluding hydrogens is 290 g/mol. The maximum absolute atomic E-state index is 12.0. The van der Waals surface area contributed by atoms with E-state index in [1.54, 1.807) is 29.2 Å². The normalized spacial score (nSPS) is 15.4. The van der Waals surface area contributed by atoms with Gasteiger partial charge in [-0.3, -0.25) is 4.79 Å². The zero-order chi connectivity index (χ0) is 15.3. The van der Waals surface area contributed by atoms with Crippen LogP contribution < -0.4 is 10.5 Å². The van der Waals surface area contributed by atoms with Crippen LogP contribution in [0.5, 0.6) is 0 Å². The summed E-state index contributed by atoms with van der Waals surface area (Å²) in [5.41, 5.74) is 7.12. The Morgan fingerprint density at radius 2 is 1.71 bits per heavy atom. The molecule has 0 radical (unpaired) electrons. The van der Waals surface area contributed by atoms with Crippen molar-refractivity contribution >= 4 is 15.9 Å². The Morgan fingerprint density at radius 1 is 1.14 bits per heavy atom. The Bertz CT molecular complexity index is 578. The topological polar surface area (TPSA) is 92.5 Å². The third-order valence-electron chi connectivity index (χ3n) is 3.52. The molecule has 0 bridgehead atoms. The highest BCUT2D eigenvalue weighted by Crippen LogP contribution is 2.09. The van der Waals surface area contributed by atoms with Crippen molar-refractivity contribution in [2.24, 2.45) is 5.73 Å². The number of carbonyl (C=O) groups excluding carboxylic acids is 1. The average molecular weight is 311 g/mol. The lowest BCUT2D eigenvalue weighted by Gasteiger charge is -2.15. The lowest BCUT2D eigenvalue weighted by Crippen LogP contribution is -2.39. The van der Waals surface area contributed by atoms with Crippen molar-refractivity contribution in [2.45, 2.75) is 25.1 Å². The summed E-state index contributed by atoms with van der Waals surface area (Å²) in [5, 5.41) is 0. The number of amides is 1. The molecule has 21 heavy (non-hydrogen) atoms. The second-order valence-corrected chi connectivity index (χ2v) is 7.00. The summed E-state index contributed by atoms with van der Waals surface area (Å²) >= 11 is 0. The van der Waals surface area contributed by atoms with Gasteiger partial charge in [0.05, 0.1) is 12.3 Å². The first-order chi connectivity index (χ1) is 10.00. The van der Waals surface area contributed by atoms with E-state index < -0.39 is 10.0 Å². The van der Waals surface area contributed by atoms with Gasteiger partial charge in [-0.1, -0.05) is 24.3 Å². The van der Waals surface area contributed by atoms with Gasteiger partial charge in [0, 0.05) is 19.6 Å². The number of benzene rings is 1. The smallest absolute Gasteiger partial charge is 0.237 e. The van der Waals surface area contributed by atoms with Crippen molar-refractivity contribution < 1.29 is 13.2 Å². The van der Waals surface area contributed by atoms with E-state index in [-0.39, 0.29) is 18.2 Å². The van der Waals surface area contributed by atoms with Gasteiger partial charge in [0.15, 0.2) is 0 Å². The van der Waals surface area contributed by atoms with Gasteiger partial charge in [0.1, 0.15) is 0 Å². The number of hydrogen-bond acceptors (Lipinski definition) is 4. The molecule has 1 amide bonds. The van der Waals surface area contributed by atoms with Crippen LogP contribution in [0.3, 0.4) is 0 Å². The maximum atomic E-state index is 12.0. The number of rotatable bonds is 6. The molecule has 0 aromatic heterocycles. The number of sulfonamides is 1. The molecule has 0 atom stereocenters. The number of hydrogen-bond donors (Lipinski definition) is 2. The van der Waals surface area contributed by atoms with E-state index in [1.165, 1.54) is 0 Å². The van der Waals surface area contributed by atoms with Crippen molar-refractivity contribution in [3.63, 3.8) is 0 Å². The highest BCUT2D eigenvalue weighted by Gasteiger charge is 2.20. The molecule has 1 saturated heterocycles. The Balaban J connectivity index is 1.87. The van der Waals surface area contributed by atoms with E-state index in [1.807, 2.05) is 0 Å². The van der Waals surface area contributed by atoms with Gasteiger partial charge < -0.3 is 10.6 Å². The van der Waals surface area contributed by atoms with Crippen molar-refractivity contribution in [2.75, 3.05) is 19.6 Å². The molecule has 1 heterocycles. The van der Waals surface area contributed by atoms with Crippen molar-refractivity contribution in [3.05, 3.63) is 35.4 Å². The summed E-state index contributed by atoms with van der Waals surface area (Å²) < 4.78 is 26.3. The van der Waals surface area contributed by atoms with Crippen LogP contribution in [0, 0.1) is 0 Å². The highest BCUT2D eigenvalue weighted by atomic mass is 32.2. The van der Waals surface area contributed by atoms with Gasteiger partial charge in [-0.2, -0.15) is 0 Å². The summed E-state index contributed by atoms with van der Waals surface area (Å²) in [6.45, 7) is 1.71. The quantitative estimate of drug-likeness (QED) is 0.784. The van der Waals surface area contributed by atoms with Crippen LogP contribution in [0.1, 0.15) is 24.0 Å². The molecule has 7 heteroatoms. The molecule has 3 N–H and O–H groups in total. The van der Waals surface area contributed by atoms with Crippen molar-refractivity contribution in [3.8, 4) is 0 Å². The van der Waals surface area contributed by atoms with Gasteiger partial charge in [0.2, 0.25) is 15.9 Å². The average Bonchev–Trinajstić information content (AvgIpc) is 2.99. The first kappa shape index (κ1) is 15.9. The van der Waals surface area contributed by atoms with E-state index >= 15 is 0 Å². The molecule has 0 saturated carbocycles. The number of nitrogens with zero attached hydrogens (tertiary/aromatic N) is 1. The Kier molecular flexibility index (Phi) is 5.33. The maximum Gasteiger partial charge on any atom is 0.237 e. The number of likely N-dealkylation sites (tertiary alicyclic amines) is 1. The van der Waals surface area contributed by atoms with Gasteiger partial charge in [-0.05, 0) is 24.0 Å². The van der Waals surface area contributed by atoms with Gasteiger partial charge >= 0.3 is 0 Å². The number of nitrogens with one attached hydrogen (secondary N) is 1. The predicted octanol–water partition coefficient (Wildman–Crippen LogP) is 0.187. The molecule has 1 aliphatic rings. The monoisotopic (exact) mass is 311 g/mol. The van der Waals surface area contributed by atoms with E-state index in [2.05, 4.69) is 4.72 Å². The van der Waals surface area contributed by atoms with E-state index in [9.17, 15) is 13.2 Å². The zero-order valence-electron chi connectivity index (χ0n) is 11.9. The van der Waals surface area contributed by atoms with Crippen LogP contribution in [0.4, 0.5) is 0 Å². The van der Waals surface area contributed by atoms with Crippen LogP contribution in [-0.4, -0.2) is 38.9 Å². The van der Waals surface area contributed by atoms with Gasteiger partial charge in [-0.25, -0.2) is 13.1 Å². The molecule has 2 rings (SSSR count).